The normalized spacial score (nSPS) is 15.0. The van der Waals surface area contributed by atoms with Crippen molar-refractivity contribution in [1.82, 2.24) is 14.7 Å². The summed E-state index contributed by atoms with van der Waals surface area (Å²) in [5.41, 5.74) is 2.11. The van der Waals surface area contributed by atoms with E-state index in [0.717, 1.165) is 57.3 Å². The molecule has 4 nitrogen and oxygen atoms in total. The monoisotopic (exact) mass is 373 g/mol. The highest BCUT2D eigenvalue weighted by atomic mass is 35.5. The Hall–Kier alpha value is -1.85. The first kappa shape index (κ1) is 16.6. The molecule has 0 atom stereocenters. The molecule has 4 rings (SSSR count). The van der Waals surface area contributed by atoms with Crippen LogP contribution < -0.4 is 0 Å². The smallest absolute Gasteiger partial charge is 0.264 e. The Labute approximate surface area is 156 Å². The Morgan fingerprint density at radius 3 is 2.64 bits per heavy atom. The number of thiophene rings is 1. The van der Waals surface area contributed by atoms with E-state index >= 15 is 0 Å². The van der Waals surface area contributed by atoms with E-state index in [1.54, 1.807) is 11.3 Å². The molecule has 0 radical (unpaired) electrons. The molecule has 0 unspecified atom stereocenters. The van der Waals surface area contributed by atoms with Gasteiger partial charge in [-0.1, -0.05) is 23.7 Å². The number of aryl methyl sites for hydroxylation is 1. The number of hydrogen-bond acceptors (Lipinski definition) is 3. The minimum absolute atomic E-state index is 0.165. The van der Waals surface area contributed by atoms with Gasteiger partial charge in [0.05, 0.1) is 17.1 Å². The molecule has 1 saturated heterocycles. The summed E-state index contributed by atoms with van der Waals surface area (Å²) in [5.74, 6) is 0.165. The maximum absolute atomic E-state index is 12.8. The topological polar surface area (TPSA) is 38.1 Å². The third-order valence-corrected chi connectivity index (χ3v) is 6.10. The molecule has 1 aromatic carbocycles. The van der Waals surface area contributed by atoms with E-state index in [1.165, 1.54) is 6.42 Å². The Morgan fingerprint density at radius 2 is 1.92 bits per heavy atom. The van der Waals surface area contributed by atoms with Crippen molar-refractivity contribution in [2.24, 2.45) is 0 Å². The van der Waals surface area contributed by atoms with Gasteiger partial charge in [-0.25, -0.2) is 0 Å². The molecule has 3 heterocycles. The lowest BCUT2D eigenvalue weighted by Gasteiger charge is -2.26. The zero-order valence-electron chi connectivity index (χ0n) is 14.2. The van der Waals surface area contributed by atoms with Crippen LogP contribution in [-0.4, -0.2) is 33.7 Å². The molecule has 0 aliphatic carbocycles. The van der Waals surface area contributed by atoms with Crippen molar-refractivity contribution >= 4 is 39.1 Å². The van der Waals surface area contributed by atoms with E-state index in [1.807, 2.05) is 46.8 Å². The molecular formula is C19H20ClN3OS. The highest BCUT2D eigenvalue weighted by molar-refractivity contribution is 7.20. The lowest BCUT2D eigenvalue weighted by atomic mass is 10.1. The number of halogens is 1. The van der Waals surface area contributed by atoms with Crippen LogP contribution in [0.2, 0.25) is 5.02 Å². The van der Waals surface area contributed by atoms with Gasteiger partial charge in [-0.15, -0.1) is 11.3 Å². The first-order valence-corrected chi connectivity index (χ1v) is 9.82. The average molecular weight is 374 g/mol. The molecule has 0 bridgehead atoms. The molecule has 1 aliphatic heterocycles. The second kappa shape index (κ2) is 6.81. The summed E-state index contributed by atoms with van der Waals surface area (Å²) >= 11 is 7.52. The number of likely N-dealkylation sites (tertiary alicyclic amines) is 1. The number of amides is 1. The molecule has 1 amide bonds. The van der Waals surface area contributed by atoms with Gasteiger partial charge in [-0.3, -0.25) is 9.48 Å². The van der Waals surface area contributed by atoms with E-state index < -0.39 is 0 Å². The van der Waals surface area contributed by atoms with Gasteiger partial charge in [0.2, 0.25) is 0 Å². The second-order valence-corrected chi connectivity index (χ2v) is 8.02. The Morgan fingerprint density at radius 1 is 1.20 bits per heavy atom. The average Bonchev–Trinajstić information content (AvgIpc) is 3.19. The van der Waals surface area contributed by atoms with Crippen molar-refractivity contribution in [2.75, 3.05) is 13.1 Å². The summed E-state index contributed by atoms with van der Waals surface area (Å²) in [4.78, 5) is 16.6. The number of rotatable bonds is 3. The minimum atomic E-state index is 0.165. The molecule has 0 saturated carbocycles. The van der Waals surface area contributed by atoms with Crippen molar-refractivity contribution < 1.29 is 4.79 Å². The predicted molar refractivity (Wildman–Crippen MR) is 103 cm³/mol. The zero-order chi connectivity index (χ0) is 17.4. The largest absolute Gasteiger partial charge is 0.338 e. The van der Waals surface area contributed by atoms with E-state index in [-0.39, 0.29) is 5.91 Å². The van der Waals surface area contributed by atoms with Crippen LogP contribution in [0.15, 0.2) is 30.3 Å². The van der Waals surface area contributed by atoms with Crippen LogP contribution in [0.1, 0.15) is 40.2 Å². The van der Waals surface area contributed by atoms with Gasteiger partial charge in [0.25, 0.3) is 5.91 Å². The van der Waals surface area contributed by atoms with Crippen LogP contribution in [0.3, 0.4) is 0 Å². The highest BCUT2D eigenvalue weighted by Gasteiger charge is 2.22. The molecule has 1 aliphatic rings. The lowest BCUT2D eigenvalue weighted by molar-refractivity contribution is 0.0729. The predicted octanol–water partition coefficient (Wildman–Crippen LogP) is 4.73. The summed E-state index contributed by atoms with van der Waals surface area (Å²) in [6.07, 6.45) is 3.45. The fourth-order valence-electron chi connectivity index (χ4n) is 3.34. The quantitative estimate of drug-likeness (QED) is 0.665. The molecular weight excluding hydrogens is 354 g/mol. The van der Waals surface area contributed by atoms with Crippen molar-refractivity contribution in [3.63, 3.8) is 0 Å². The fraction of sp³-hybridized carbons (Fsp3) is 0.368. The lowest BCUT2D eigenvalue weighted by Crippen LogP contribution is -2.35. The Balaban J connectivity index is 1.64. The summed E-state index contributed by atoms with van der Waals surface area (Å²) in [5, 5.41) is 6.46. The van der Waals surface area contributed by atoms with Crippen LogP contribution in [0, 0.1) is 6.92 Å². The van der Waals surface area contributed by atoms with Crippen LogP contribution in [0.4, 0.5) is 0 Å². The maximum atomic E-state index is 12.8. The molecule has 1 fully saturated rings. The number of hydrogen-bond donors (Lipinski definition) is 0. The van der Waals surface area contributed by atoms with Crippen LogP contribution >= 0.6 is 22.9 Å². The molecule has 25 heavy (non-hydrogen) atoms. The first-order valence-electron chi connectivity index (χ1n) is 8.62. The van der Waals surface area contributed by atoms with Crippen LogP contribution in [0.5, 0.6) is 0 Å². The number of fused-ring (bicyclic) bond motifs is 1. The van der Waals surface area contributed by atoms with Crippen molar-refractivity contribution in [3.8, 4) is 0 Å². The van der Waals surface area contributed by atoms with Gasteiger partial charge >= 0.3 is 0 Å². The second-order valence-electron chi connectivity index (χ2n) is 6.55. The Kier molecular flexibility index (Phi) is 4.52. The molecule has 3 aromatic rings. The van der Waals surface area contributed by atoms with Crippen LogP contribution in [-0.2, 0) is 6.54 Å². The Bertz CT molecular complexity index is 907. The summed E-state index contributed by atoms with van der Waals surface area (Å²) in [6, 6.07) is 9.82. The van der Waals surface area contributed by atoms with Gasteiger partial charge in [-0.05, 0) is 49.9 Å². The summed E-state index contributed by atoms with van der Waals surface area (Å²) < 4.78 is 1.99. The number of nitrogens with zero attached hydrogens (tertiary/aromatic N) is 3. The third kappa shape index (κ3) is 3.31. The van der Waals surface area contributed by atoms with Gasteiger partial charge in [0, 0.05) is 23.5 Å². The number of carbonyl (C=O) groups is 1. The van der Waals surface area contributed by atoms with E-state index in [0.29, 0.717) is 6.54 Å². The summed E-state index contributed by atoms with van der Waals surface area (Å²) in [6.45, 7) is 4.44. The number of carbonyl (C=O) groups excluding carboxylic acids is 1. The van der Waals surface area contributed by atoms with Crippen molar-refractivity contribution in [2.45, 2.75) is 32.7 Å². The van der Waals surface area contributed by atoms with Gasteiger partial charge in [-0.2, -0.15) is 5.10 Å². The standard InChI is InChI=1S/C19H20ClN3OS/c1-13-16-11-17(18(24)22-9-3-2-4-10-22)25-19(16)23(21-13)12-14-5-7-15(20)8-6-14/h5-8,11H,2-4,9-10,12H2,1H3. The van der Waals surface area contributed by atoms with Gasteiger partial charge in [0.1, 0.15) is 4.83 Å². The number of aromatic nitrogens is 2. The maximum Gasteiger partial charge on any atom is 0.264 e. The highest BCUT2D eigenvalue weighted by Crippen LogP contribution is 2.30. The van der Waals surface area contributed by atoms with Gasteiger partial charge in [0.15, 0.2) is 0 Å². The first-order chi connectivity index (χ1) is 12.1. The van der Waals surface area contributed by atoms with E-state index in [4.69, 9.17) is 11.6 Å². The van der Waals surface area contributed by atoms with Crippen molar-refractivity contribution in [1.29, 1.82) is 0 Å². The minimum Gasteiger partial charge on any atom is -0.338 e. The van der Waals surface area contributed by atoms with Gasteiger partial charge < -0.3 is 4.90 Å². The number of benzene rings is 1. The third-order valence-electron chi connectivity index (χ3n) is 4.71. The van der Waals surface area contributed by atoms with E-state index in [9.17, 15) is 4.79 Å². The molecule has 0 N–H and O–H groups in total. The van der Waals surface area contributed by atoms with Crippen molar-refractivity contribution in [3.05, 3.63) is 51.5 Å². The molecule has 130 valence electrons. The molecule has 2 aromatic heterocycles. The SMILES string of the molecule is Cc1nn(Cc2ccc(Cl)cc2)c2sc(C(=O)N3CCCCC3)cc12. The zero-order valence-corrected chi connectivity index (χ0v) is 15.7. The molecule has 6 heteroatoms. The fourth-order valence-corrected chi connectivity index (χ4v) is 4.60. The molecule has 0 spiro atoms. The summed E-state index contributed by atoms with van der Waals surface area (Å²) in [7, 11) is 0. The van der Waals surface area contributed by atoms with Crippen LogP contribution in [0.25, 0.3) is 10.2 Å². The van der Waals surface area contributed by atoms with E-state index in [2.05, 4.69) is 5.10 Å². The number of piperidine rings is 1.